The lowest BCUT2D eigenvalue weighted by Crippen LogP contribution is -2.14. The van der Waals surface area contributed by atoms with Gasteiger partial charge in [0.15, 0.2) is 0 Å². The lowest BCUT2D eigenvalue weighted by Gasteiger charge is -2.11. The minimum Gasteiger partial charge on any atom is -0.326 e. The molecule has 0 aromatic heterocycles. The summed E-state index contributed by atoms with van der Waals surface area (Å²) in [5.74, 6) is 0.434. The molecule has 0 heterocycles. The molecule has 0 aliphatic carbocycles. The molecule has 2 aromatic carbocycles. The zero-order chi connectivity index (χ0) is 13.1. The summed E-state index contributed by atoms with van der Waals surface area (Å²) >= 11 is 3.52. The first-order chi connectivity index (χ1) is 8.58. The maximum Gasteiger partial charge on any atom is 0.224 e. The summed E-state index contributed by atoms with van der Waals surface area (Å²) in [5, 5.41) is 5.15. The first-order valence-corrected chi connectivity index (χ1v) is 6.84. The molecule has 18 heavy (non-hydrogen) atoms. The normalized spacial score (nSPS) is 10.9. The SMILES string of the molecule is CC(C)CC(=O)Nc1ccc(Br)c2ccccc12. The van der Waals surface area contributed by atoms with Gasteiger partial charge < -0.3 is 5.32 Å². The number of hydrogen-bond acceptors (Lipinski definition) is 1. The van der Waals surface area contributed by atoms with Crippen LogP contribution in [-0.2, 0) is 4.79 Å². The molecule has 1 N–H and O–H groups in total. The second-order valence-corrected chi connectivity index (χ2v) is 5.64. The molecule has 0 radical (unpaired) electrons. The third kappa shape index (κ3) is 2.91. The molecule has 0 spiro atoms. The van der Waals surface area contributed by atoms with E-state index in [9.17, 15) is 4.79 Å². The van der Waals surface area contributed by atoms with Crippen LogP contribution in [0.4, 0.5) is 5.69 Å². The van der Waals surface area contributed by atoms with Gasteiger partial charge in [-0.2, -0.15) is 0 Å². The van der Waals surface area contributed by atoms with Crippen molar-refractivity contribution in [3.05, 3.63) is 40.9 Å². The van der Waals surface area contributed by atoms with Crippen molar-refractivity contribution in [2.24, 2.45) is 5.92 Å². The van der Waals surface area contributed by atoms with E-state index >= 15 is 0 Å². The van der Waals surface area contributed by atoms with E-state index in [-0.39, 0.29) is 5.91 Å². The van der Waals surface area contributed by atoms with Gasteiger partial charge in [-0.05, 0) is 23.4 Å². The van der Waals surface area contributed by atoms with Crippen molar-refractivity contribution in [3.8, 4) is 0 Å². The van der Waals surface area contributed by atoms with Crippen LogP contribution >= 0.6 is 15.9 Å². The van der Waals surface area contributed by atoms with E-state index in [0.717, 1.165) is 20.9 Å². The number of amides is 1. The summed E-state index contributed by atoms with van der Waals surface area (Å²) in [6.07, 6.45) is 0.546. The van der Waals surface area contributed by atoms with E-state index in [1.807, 2.05) is 50.2 Å². The molecule has 0 bridgehead atoms. The van der Waals surface area contributed by atoms with Crippen LogP contribution in [0, 0.1) is 5.92 Å². The van der Waals surface area contributed by atoms with Gasteiger partial charge in [0.05, 0.1) is 0 Å². The van der Waals surface area contributed by atoms with Gasteiger partial charge in [0.1, 0.15) is 0 Å². The number of hydrogen-bond donors (Lipinski definition) is 1. The van der Waals surface area contributed by atoms with E-state index in [0.29, 0.717) is 12.3 Å². The Balaban J connectivity index is 2.34. The number of carbonyl (C=O) groups is 1. The second kappa shape index (κ2) is 5.53. The molecule has 2 nitrogen and oxygen atoms in total. The Hall–Kier alpha value is -1.35. The number of rotatable bonds is 3. The number of carbonyl (C=O) groups excluding carboxylic acids is 1. The number of benzene rings is 2. The average Bonchev–Trinajstić information content (AvgIpc) is 2.32. The lowest BCUT2D eigenvalue weighted by atomic mass is 10.1. The van der Waals surface area contributed by atoms with Crippen molar-refractivity contribution in [3.63, 3.8) is 0 Å². The van der Waals surface area contributed by atoms with Crippen molar-refractivity contribution < 1.29 is 4.79 Å². The number of fused-ring (bicyclic) bond motifs is 1. The Kier molecular flexibility index (Phi) is 4.02. The van der Waals surface area contributed by atoms with Gasteiger partial charge in [-0.25, -0.2) is 0 Å². The van der Waals surface area contributed by atoms with Gasteiger partial charge in [-0.15, -0.1) is 0 Å². The Morgan fingerprint density at radius 2 is 1.83 bits per heavy atom. The van der Waals surface area contributed by atoms with E-state index in [2.05, 4.69) is 21.2 Å². The van der Waals surface area contributed by atoms with Crippen LogP contribution in [0.1, 0.15) is 20.3 Å². The summed E-state index contributed by atoms with van der Waals surface area (Å²) in [5.41, 5.74) is 0.874. The van der Waals surface area contributed by atoms with Crippen LogP contribution in [0.15, 0.2) is 40.9 Å². The Bertz CT molecular complexity index is 578. The molecule has 0 fully saturated rings. The molecule has 0 atom stereocenters. The van der Waals surface area contributed by atoms with Crippen LogP contribution < -0.4 is 5.32 Å². The molecule has 2 rings (SSSR count). The van der Waals surface area contributed by atoms with Gasteiger partial charge >= 0.3 is 0 Å². The number of anilines is 1. The summed E-state index contributed by atoms with van der Waals surface area (Å²) in [4.78, 5) is 11.8. The van der Waals surface area contributed by atoms with Gasteiger partial charge in [-0.3, -0.25) is 4.79 Å². The zero-order valence-electron chi connectivity index (χ0n) is 10.5. The zero-order valence-corrected chi connectivity index (χ0v) is 12.1. The molecular formula is C15H16BrNO. The highest BCUT2D eigenvalue weighted by molar-refractivity contribution is 9.10. The summed E-state index contributed by atoms with van der Waals surface area (Å²) in [6.45, 7) is 4.08. The smallest absolute Gasteiger partial charge is 0.224 e. The number of nitrogens with one attached hydrogen (secondary N) is 1. The minimum atomic E-state index is 0.0671. The lowest BCUT2D eigenvalue weighted by molar-refractivity contribution is -0.116. The maximum atomic E-state index is 11.8. The molecule has 0 saturated heterocycles. The molecule has 0 saturated carbocycles. The Labute approximate surface area is 116 Å². The van der Waals surface area contributed by atoms with Crippen molar-refractivity contribution >= 4 is 38.3 Å². The van der Waals surface area contributed by atoms with Crippen molar-refractivity contribution in [1.82, 2.24) is 0 Å². The highest BCUT2D eigenvalue weighted by atomic mass is 79.9. The molecule has 2 aromatic rings. The third-order valence-electron chi connectivity index (χ3n) is 2.74. The molecule has 0 aliphatic rings. The largest absolute Gasteiger partial charge is 0.326 e. The first-order valence-electron chi connectivity index (χ1n) is 6.05. The molecule has 0 aliphatic heterocycles. The van der Waals surface area contributed by atoms with Crippen LogP contribution in [0.3, 0.4) is 0 Å². The van der Waals surface area contributed by atoms with E-state index in [1.54, 1.807) is 0 Å². The quantitative estimate of drug-likeness (QED) is 0.883. The topological polar surface area (TPSA) is 29.1 Å². The van der Waals surface area contributed by atoms with Gasteiger partial charge in [-0.1, -0.05) is 54.0 Å². The molecule has 0 unspecified atom stereocenters. The van der Waals surface area contributed by atoms with Gasteiger partial charge in [0, 0.05) is 22.0 Å². The van der Waals surface area contributed by atoms with E-state index in [4.69, 9.17) is 0 Å². The standard InChI is InChI=1S/C15H16BrNO/c1-10(2)9-15(18)17-14-8-7-13(16)11-5-3-4-6-12(11)14/h3-8,10H,9H2,1-2H3,(H,17,18). The predicted octanol–water partition coefficient (Wildman–Crippen LogP) is 4.59. The fourth-order valence-electron chi connectivity index (χ4n) is 1.94. The van der Waals surface area contributed by atoms with Crippen LogP contribution in [0.2, 0.25) is 0 Å². The van der Waals surface area contributed by atoms with Gasteiger partial charge in [0.2, 0.25) is 5.91 Å². The number of halogens is 1. The first kappa shape index (κ1) is 13.1. The minimum absolute atomic E-state index is 0.0671. The summed E-state index contributed by atoms with van der Waals surface area (Å²) in [7, 11) is 0. The summed E-state index contributed by atoms with van der Waals surface area (Å²) in [6, 6.07) is 11.9. The van der Waals surface area contributed by atoms with Crippen molar-refractivity contribution in [2.45, 2.75) is 20.3 Å². The van der Waals surface area contributed by atoms with Crippen LogP contribution in [-0.4, -0.2) is 5.91 Å². The highest BCUT2D eigenvalue weighted by Gasteiger charge is 2.08. The maximum absolute atomic E-state index is 11.8. The van der Waals surface area contributed by atoms with Gasteiger partial charge in [0.25, 0.3) is 0 Å². The fourth-order valence-corrected chi connectivity index (χ4v) is 2.42. The summed E-state index contributed by atoms with van der Waals surface area (Å²) < 4.78 is 1.04. The van der Waals surface area contributed by atoms with Crippen molar-refractivity contribution in [1.29, 1.82) is 0 Å². The molecule has 1 amide bonds. The monoisotopic (exact) mass is 305 g/mol. The molecule has 3 heteroatoms. The third-order valence-corrected chi connectivity index (χ3v) is 3.43. The van der Waals surface area contributed by atoms with Crippen LogP contribution in [0.5, 0.6) is 0 Å². The fraction of sp³-hybridized carbons (Fsp3) is 0.267. The Morgan fingerprint density at radius 1 is 1.17 bits per heavy atom. The van der Waals surface area contributed by atoms with E-state index in [1.165, 1.54) is 0 Å². The van der Waals surface area contributed by atoms with Crippen LogP contribution in [0.25, 0.3) is 10.8 Å². The van der Waals surface area contributed by atoms with E-state index < -0.39 is 0 Å². The highest BCUT2D eigenvalue weighted by Crippen LogP contribution is 2.30. The Morgan fingerprint density at radius 3 is 2.50 bits per heavy atom. The molecule has 94 valence electrons. The molecular weight excluding hydrogens is 290 g/mol. The van der Waals surface area contributed by atoms with Crippen molar-refractivity contribution in [2.75, 3.05) is 5.32 Å². The average molecular weight is 306 g/mol. The predicted molar refractivity (Wildman–Crippen MR) is 79.7 cm³/mol. The second-order valence-electron chi connectivity index (χ2n) is 4.79.